The Balaban J connectivity index is 1.68. The van der Waals surface area contributed by atoms with E-state index in [4.69, 9.17) is 4.74 Å². The topological polar surface area (TPSA) is 86.1 Å². The Morgan fingerprint density at radius 2 is 2.10 bits per heavy atom. The number of methoxy groups -OCH3 is 1. The molecule has 0 aliphatic heterocycles. The number of hydrogen-bond donors (Lipinski definition) is 1. The van der Waals surface area contributed by atoms with Gasteiger partial charge in [0.2, 0.25) is 5.91 Å². The normalized spacial score (nSPS) is 14.3. The maximum atomic E-state index is 13.2. The molecule has 0 saturated heterocycles. The molecular weight excluding hydrogens is 368 g/mol. The van der Waals surface area contributed by atoms with Crippen LogP contribution in [-0.2, 0) is 17.6 Å². The average Bonchev–Trinajstić information content (AvgIpc) is 2.75. The van der Waals surface area contributed by atoms with E-state index in [0.717, 1.165) is 36.9 Å². The van der Waals surface area contributed by atoms with E-state index in [9.17, 15) is 9.59 Å². The van der Waals surface area contributed by atoms with Crippen LogP contribution in [0.3, 0.4) is 0 Å². The molecule has 0 unspecified atom stereocenters. The van der Waals surface area contributed by atoms with Gasteiger partial charge in [-0.25, -0.2) is 9.97 Å². The highest BCUT2D eigenvalue weighted by Crippen LogP contribution is 2.23. The van der Waals surface area contributed by atoms with Crippen LogP contribution in [-0.4, -0.2) is 27.6 Å². The van der Waals surface area contributed by atoms with E-state index in [1.165, 1.54) is 10.9 Å². The predicted octanol–water partition coefficient (Wildman–Crippen LogP) is 3.27. The molecule has 0 radical (unpaired) electrons. The fraction of sp³-hybridized carbons (Fsp3) is 0.364. The molecule has 4 rings (SSSR count). The van der Waals surface area contributed by atoms with Crippen LogP contribution in [0, 0.1) is 0 Å². The maximum Gasteiger partial charge on any atom is 0.263 e. The Labute approximate surface area is 168 Å². The van der Waals surface area contributed by atoms with Gasteiger partial charge in [-0.2, -0.15) is 0 Å². The summed E-state index contributed by atoms with van der Waals surface area (Å²) in [5, 5.41) is 3.34. The summed E-state index contributed by atoms with van der Waals surface area (Å²) in [6, 6.07) is 8.37. The van der Waals surface area contributed by atoms with Crippen molar-refractivity contribution in [3.05, 3.63) is 58.3 Å². The molecule has 0 fully saturated rings. The van der Waals surface area contributed by atoms with Gasteiger partial charge in [0.15, 0.2) is 5.65 Å². The maximum absolute atomic E-state index is 13.2. The third kappa shape index (κ3) is 3.72. The van der Waals surface area contributed by atoms with Crippen molar-refractivity contribution in [2.24, 2.45) is 0 Å². The Bertz CT molecular complexity index is 1120. The lowest BCUT2D eigenvalue weighted by molar-refractivity contribution is -0.119. The van der Waals surface area contributed by atoms with Gasteiger partial charge in [-0.15, -0.1) is 0 Å². The first-order valence-electron chi connectivity index (χ1n) is 9.95. The van der Waals surface area contributed by atoms with E-state index < -0.39 is 6.04 Å². The zero-order valence-electron chi connectivity index (χ0n) is 16.6. The number of amides is 1. The quantitative estimate of drug-likeness (QED) is 0.720. The van der Waals surface area contributed by atoms with Crippen LogP contribution >= 0.6 is 0 Å². The highest BCUT2D eigenvalue weighted by atomic mass is 16.5. The van der Waals surface area contributed by atoms with Gasteiger partial charge >= 0.3 is 0 Å². The minimum absolute atomic E-state index is 0.233. The molecule has 0 saturated carbocycles. The van der Waals surface area contributed by atoms with Gasteiger partial charge in [-0.1, -0.05) is 13.0 Å². The first-order chi connectivity index (χ1) is 14.1. The van der Waals surface area contributed by atoms with E-state index >= 15 is 0 Å². The summed E-state index contributed by atoms with van der Waals surface area (Å²) in [7, 11) is 1.57. The SMILES string of the molecule is CC[C@@H](C(=O)Nc1cccc(OC)c1)n1cnc2nc3c(cc2c1=O)CCCC3. The standard InChI is InChI=1S/C22H24N4O3/c1-3-19(21(27)24-15-8-6-9-16(12-15)29-2)26-13-23-20-17(22(26)28)11-14-7-4-5-10-18(14)25-20/h6,8-9,11-13,19H,3-5,7,10H2,1-2H3,(H,24,27)/t19-/m0/s1. The number of ether oxygens (including phenoxy) is 1. The van der Waals surface area contributed by atoms with Gasteiger partial charge in [0.05, 0.1) is 12.5 Å². The predicted molar refractivity (Wildman–Crippen MR) is 111 cm³/mol. The summed E-state index contributed by atoms with van der Waals surface area (Å²) in [6.07, 6.45) is 5.98. The lowest BCUT2D eigenvalue weighted by atomic mass is 9.95. The first kappa shape index (κ1) is 19.1. The number of aromatic nitrogens is 3. The number of anilines is 1. The molecule has 2 aromatic heterocycles. The van der Waals surface area contributed by atoms with Crippen molar-refractivity contribution in [1.82, 2.24) is 14.5 Å². The minimum Gasteiger partial charge on any atom is -0.497 e. The van der Waals surface area contributed by atoms with Crippen molar-refractivity contribution in [1.29, 1.82) is 0 Å². The van der Waals surface area contributed by atoms with E-state index in [2.05, 4.69) is 15.3 Å². The van der Waals surface area contributed by atoms with Crippen LogP contribution in [0.25, 0.3) is 11.0 Å². The van der Waals surface area contributed by atoms with Crippen LogP contribution in [0.15, 0.2) is 41.5 Å². The van der Waals surface area contributed by atoms with Crippen molar-refractivity contribution < 1.29 is 9.53 Å². The molecule has 1 atom stereocenters. The zero-order chi connectivity index (χ0) is 20.4. The largest absolute Gasteiger partial charge is 0.497 e. The molecule has 1 N–H and O–H groups in total. The molecule has 0 bridgehead atoms. The van der Waals surface area contributed by atoms with Crippen molar-refractivity contribution in [2.75, 3.05) is 12.4 Å². The van der Waals surface area contributed by atoms with E-state index in [-0.39, 0.29) is 11.5 Å². The number of aryl methyl sites for hydroxylation is 2. The van der Waals surface area contributed by atoms with Crippen molar-refractivity contribution in [2.45, 2.75) is 45.1 Å². The van der Waals surface area contributed by atoms with E-state index in [0.29, 0.717) is 28.9 Å². The monoisotopic (exact) mass is 392 g/mol. The Morgan fingerprint density at radius 3 is 2.90 bits per heavy atom. The molecule has 1 aliphatic rings. The highest BCUT2D eigenvalue weighted by Gasteiger charge is 2.22. The second kappa shape index (κ2) is 8.03. The molecule has 1 aliphatic carbocycles. The van der Waals surface area contributed by atoms with E-state index in [1.54, 1.807) is 31.4 Å². The summed E-state index contributed by atoms with van der Waals surface area (Å²) in [5.74, 6) is 0.381. The van der Waals surface area contributed by atoms with E-state index in [1.807, 2.05) is 13.0 Å². The third-order valence-electron chi connectivity index (χ3n) is 5.41. The average molecular weight is 392 g/mol. The van der Waals surface area contributed by atoms with Crippen LogP contribution < -0.4 is 15.6 Å². The molecule has 7 nitrogen and oxygen atoms in total. The van der Waals surface area contributed by atoms with Gasteiger partial charge in [-0.3, -0.25) is 14.2 Å². The first-order valence-corrected chi connectivity index (χ1v) is 9.95. The van der Waals surface area contributed by atoms with Crippen molar-refractivity contribution in [3.63, 3.8) is 0 Å². The van der Waals surface area contributed by atoms with Gasteiger partial charge in [0.25, 0.3) is 5.56 Å². The van der Waals surface area contributed by atoms with Crippen LogP contribution in [0.2, 0.25) is 0 Å². The molecule has 1 amide bonds. The molecule has 0 spiro atoms. The number of fused-ring (bicyclic) bond motifs is 2. The van der Waals surface area contributed by atoms with Gasteiger partial charge in [0, 0.05) is 17.4 Å². The number of pyridine rings is 1. The molecule has 1 aromatic carbocycles. The summed E-state index contributed by atoms with van der Waals surface area (Å²) < 4.78 is 6.61. The summed E-state index contributed by atoms with van der Waals surface area (Å²) in [4.78, 5) is 35.0. The second-order valence-electron chi connectivity index (χ2n) is 7.27. The smallest absolute Gasteiger partial charge is 0.263 e. The molecule has 2 heterocycles. The number of carbonyl (C=O) groups is 1. The van der Waals surface area contributed by atoms with Gasteiger partial charge in [0.1, 0.15) is 18.1 Å². The summed E-state index contributed by atoms with van der Waals surface area (Å²) in [6.45, 7) is 1.87. The lowest BCUT2D eigenvalue weighted by Gasteiger charge is -2.19. The molecule has 150 valence electrons. The minimum atomic E-state index is -0.665. The highest BCUT2D eigenvalue weighted by molar-refractivity contribution is 5.94. The fourth-order valence-corrected chi connectivity index (χ4v) is 3.84. The summed E-state index contributed by atoms with van der Waals surface area (Å²) in [5.41, 5.74) is 2.99. The van der Waals surface area contributed by atoms with Crippen molar-refractivity contribution in [3.8, 4) is 5.75 Å². The number of nitrogens with one attached hydrogen (secondary N) is 1. The third-order valence-corrected chi connectivity index (χ3v) is 5.41. The lowest BCUT2D eigenvalue weighted by Crippen LogP contribution is -2.33. The zero-order valence-corrected chi connectivity index (χ0v) is 16.6. The number of benzene rings is 1. The number of carbonyl (C=O) groups excluding carboxylic acids is 1. The van der Waals surface area contributed by atoms with Crippen LogP contribution in [0.4, 0.5) is 5.69 Å². The Hall–Kier alpha value is -3.22. The van der Waals surface area contributed by atoms with Gasteiger partial charge < -0.3 is 10.1 Å². The van der Waals surface area contributed by atoms with Gasteiger partial charge in [-0.05, 0) is 55.9 Å². The van der Waals surface area contributed by atoms with Crippen molar-refractivity contribution >= 4 is 22.6 Å². The molecular formula is C22H24N4O3. The second-order valence-corrected chi connectivity index (χ2v) is 7.27. The number of nitrogens with zero attached hydrogens (tertiary/aromatic N) is 3. The molecule has 29 heavy (non-hydrogen) atoms. The fourth-order valence-electron chi connectivity index (χ4n) is 3.84. The van der Waals surface area contributed by atoms with Crippen LogP contribution in [0.5, 0.6) is 5.75 Å². The number of hydrogen-bond acceptors (Lipinski definition) is 5. The van der Waals surface area contributed by atoms with Crippen LogP contribution in [0.1, 0.15) is 43.5 Å². The molecule has 3 aromatic rings. The number of rotatable bonds is 5. The summed E-state index contributed by atoms with van der Waals surface area (Å²) >= 11 is 0. The molecule has 7 heteroatoms. The Kier molecular flexibility index (Phi) is 5.29. The Morgan fingerprint density at radius 1 is 1.28 bits per heavy atom.